The van der Waals surface area contributed by atoms with Gasteiger partial charge in [0.25, 0.3) is 11.9 Å². The number of tetrazole rings is 1. The van der Waals surface area contributed by atoms with E-state index in [1.165, 1.54) is 4.90 Å². The smallest absolute Gasteiger partial charge is 0.272 e. The van der Waals surface area contributed by atoms with Gasteiger partial charge in [-0.3, -0.25) is 9.69 Å². The molecule has 0 radical (unpaired) electrons. The second-order valence-electron chi connectivity index (χ2n) is 8.28. The van der Waals surface area contributed by atoms with Crippen molar-refractivity contribution in [2.45, 2.75) is 6.54 Å². The Morgan fingerprint density at radius 3 is 2.35 bits per heavy atom. The van der Waals surface area contributed by atoms with E-state index in [9.17, 15) is 4.79 Å². The number of rotatable bonds is 6. The van der Waals surface area contributed by atoms with Gasteiger partial charge in [-0.2, -0.15) is 5.21 Å². The van der Waals surface area contributed by atoms with Crippen LogP contribution in [0.1, 0.15) is 15.9 Å². The molecule has 5 aromatic rings. The number of nitrogens with zero attached hydrogens (tertiary/aromatic N) is 7. The van der Waals surface area contributed by atoms with Crippen molar-refractivity contribution in [1.29, 1.82) is 0 Å². The number of aryl methyl sites for hydroxylation is 1. The molecule has 0 fully saturated rings. The molecule has 10 nitrogen and oxygen atoms in total. The summed E-state index contributed by atoms with van der Waals surface area (Å²) in [4.78, 5) is 19.0. The number of nitrogens with one attached hydrogen (secondary N) is 1. The van der Waals surface area contributed by atoms with E-state index >= 15 is 0 Å². The van der Waals surface area contributed by atoms with Crippen molar-refractivity contribution in [3.8, 4) is 5.75 Å². The summed E-state index contributed by atoms with van der Waals surface area (Å²) < 4.78 is 9.29. The number of carbonyl (C=O) groups excluding carboxylic acids is 1. The number of hydrogen-bond acceptors (Lipinski definition) is 6. The molecule has 12 heteroatoms. The Labute approximate surface area is 221 Å². The van der Waals surface area contributed by atoms with Gasteiger partial charge in [0.1, 0.15) is 5.75 Å². The third-order valence-corrected chi connectivity index (χ3v) is 6.72. The molecule has 0 aliphatic rings. The van der Waals surface area contributed by atoms with E-state index in [-0.39, 0.29) is 11.9 Å². The fraction of sp³-hybridized carbons (Fsp3) is 0.160. The quantitative estimate of drug-likeness (QED) is 0.347. The van der Waals surface area contributed by atoms with Crippen molar-refractivity contribution >= 4 is 51.8 Å². The second kappa shape index (κ2) is 10.1. The zero-order chi connectivity index (χ0) is 26.1. The van der Waals surface area contributed by atoms with Crippen molar-refractivity contribution in [1.82, 2.24) is 29.8 Å². The summed E-state index contributed by atoms with van der Waals surface area (Å²) >= 11 is 12.7. The van der Waals surface area contributed by atoms with Crippen LogP contribution < -0.4 is 15.3 Å². The van der Waals surface area contributed by atoms with Crippen LogP contribution in [0.5, 0.6) is 5.75 Å². The Morgan fingerprint density at radius 1 is 1.05 bits per heavy atom. The minimum absolute atomic E-state index is 0.195. The van der Waals surface area contributed by atoms with Gasteiger partial charge >= 0.3 is 0 Å². The van der Waals surface area contributed by atoms with Crippen molar-refractivity contribution in [3.05, 3.63) is 87.5 Å². The molecular formula is C25H22Cl2N8O2. The number of aromatic nitrogens is 6. The summed E-state index contributed by atoms with van der Waals surface area (Å²) in [5.74, 6) is 0.699. The van der Waals surface area contributed by atoms with E-state index in [1.807, 2.05) is 60.1 Å². The summed E-state index contributed by atoms with van der Waals surface area (Å²) in [5, 5.41) is 14.5. The zero-order valence-corrected chi connectivity index (χ0v) is 21.7. The zero-order valence-electron chi connectivity index (χ0n) is 20.2. The van der Waals surface area contributed by atoms with E-state index < -0.39 is 0 Å². The number of aromatic amines is 1. The Balaban J connectivity index is 1.54. The molecule has 0 spiro atoms. The Morgan fingerprint density at radius 2 is 1.73 bits per heavy atom. The molecule has 37 heavy (non-hydrogen) atoms. The number of benzene rings is 3. The molecule has 0 aliphatic carbocycles. The van der Waals surface area contributed by atoms with Crippen LogP contribution in [0.2, 0.25) is 10.0 Å². The Bertz CT molecular complexity index is 1640. The van der Waals surface area contributed by atoms with Crippen molar-refractivity contribution in [2.75, 3.05) is 19.1 Å². The van der Waals surface area contributed by atoms with Crippen LogP contribution in [0.25, 0.3) is 11.0 Å². The molecule has 0 unspecified atom stereocenters. The standard InChI is InChI=1S/C25H22Cl2N8O2/c1-33-21-12-19(26)20(27)13-22(21)35(25(33)28-17-8-10-18(37-3)11-9-17)14-15-4-6-16(7-5-15)23(36)34(2)24-29-31-32-30-24/h4-13H,14H2,1-3H3,(H,29,30,31,32). The van der Waals surface area contributed by atoms with E-state index in [0.29, 0.717) is 27.8 Å². The lowest BCUT2D eigenvalue weighted by Crippen LogP contribution is -2.27. The average molecular weight is 537 g/mol. The minimum Gasteiger partial charge on any atom is -0.497 e. The number of amides is 1. The third kappa shape index (κ3) is 4.81. The van der Waals surface area contributed by atoms with E-state index in [0.717, 1.165) is 28.0 Å². The number of fused-ring (bicyclic) bond motifs is 1. The lowest BCUT2D eigenvalue weighted by atomic mass is 10.1. The monoisotopic (exact) mass is 536 g/mol. The summed E-state index contributed by atoms with van der Waals surface area (Å²) in [7, 11) is 5.15. The molecule has 1 N–H and O–H groups in total. The number of methoxy groups -OCH3 is 1. The molecule has 5 rings (SSSR count). The van der Waals surface area contributed by atoms with Crippen LogP contribution >= 0.6 is 23.2 Å². The second-order valence-corrected chi connectivity index (χ2v) is 9.10. The number of imidazole rings is 1. The molecule has 1 amide bonds. The molecule has 0 bridgehead atoms. The first-order chi connectivity index (χ1) is 17.9. The van der Waals surface area contributed by atoms with Crippen molar-refractivity contribution < 1.29 is 9.53 Å². The maximum atomic E-state index is 12.8. The van der Waals surface area contributed by atoms with Gasteiger partial charge in [0.2, 0.25) is 5.62 Å². The summed E-state index contributed by atoms with van der Waals surface area (Å²) in [6.45, 7) is 0.486. The van der Waals surface area contributed by atoms with E-state index in [4.69, 9.17) is 32.9 Å². The predicted octanol–water partition coefficient (Wildman–Crippen LogP) is 4.37. The highest BCUT2D eigenvalue weighted by atomic mass is 35.5. The molecule has 3 aromatic carbocycles. The minimum atomic E-state index is -0.248. The molecule has 2 heterocycles. The maximum absolute atomic E-state index is 12.8. The fourth-order valence-electron chi connectivity index (χ4n) is 3.99. The average Bonchev–Trinajstić information content (AvgIpc) is 3.53. The Kier molecular flexibility index (Phi) is 6.68. The lowest BCUT2D eigenvalue weighted by molar-refractivity contribution is 0.0991. The van der Waals surface area contributed by atoms with Crippen LogP contribution in [0.3, 0.4) is 0 Å². The number of H-pyrrole nitrogens is 1. The Hall–Kier alpha value is -4.15. The lowest BCUT2D eigenvalue weighted by Gasteiger charge is -2.12. The fourth-order valence-corrected chi connectivity index (χ4v) is 4.30. The molecule has 0 saturated heterocycles. The van der Waals surface area contributed by atoms with Crippen LogP contribution in [0.15, 0.2) is 65.7 Å². The number of anilines is 1. The van der Waals surface area contributed by atoms with Gasteiger partial charge in [-0.25, -0.2) is 4.99 Å². The summed E-state index contributed by atoms with van der Waals surface area (Å²) in [6, 6.07) is 18.5. The van der Waals surface area contributed by atoms with Gasteiger partial charge in [-0.1, -0.05) is 40.4 Å². The van der Waals surface area contributed by atoms with Crippen LogP contribution in [0, 0.1) is 0 Å². The highest BCUT2D eigenvalue weighted by Crippen LogP contribution is 2.28. The normalized spacial score (nSPS) is 11.8. The highest BCUT2D eigenvalue weighted by molar-refractivity contribution is 6.42. The first-order valence-electron chi connectivity index (χ1n) is 11.2. The first-order valence-corrected chi connectivity index (χ1v) is 11.9. The highest BCUT2D eigenvalue weighted by Gasteiger charge is 2.17. The summed E-state index contributed by atoms with van der Waals surface area (Å²) in [5.41, 5.74) is 4.69. The van der Waals surface area contributed by atoms with Crippen LogP contribution in [0.4, 0.5) is 11.6 Å². The predicted molar refractivity (Wildman–Crippen MR) is 142 cm³/mol. The van der Waals surface area contributed by atoms with Crippen LogP contribution in [-0.2, 0) is 13.6 Å². The van der Waals surface area contributed by atoms with Gasteiger partial charge in [-0.15, -0.1) is 5.10 Å². The number of halogens is 2. The number of hydrogen-bond donors (Lipinski definition) is 1. The molecule has 188 valence electrons. The maximum Gasteiger partial charge on any atom is 0.272 e. The van der Waals surface area contributed by atoms with E-state index in [2.05, 4.69) is 25.2 Å². The molecule has 0 aliphatic heterocycles. The van der Waals surface area contributed by atoms with Crippen molar-refractivity contribution in [2.24, 2.45) is 12.0 Å². The molecule has 2 aromatic heterocycles. The first kappa shape index (κ1) is 24.5. The largest absolute Gasteiger partial charge is 0.497 e. The van der Waals surface area contributed by atoms with Crippen molar-refractivity contribution in [3.63, 3.8) is 0 Å². The van der Waals surface area contributed by atoms with Gasteiger partial charge in [-0.05, 0) is 59.3 Å². The SMILES string of the molecule is COc1ccc(N=c2n(C)c3cc(Cl)c(Cl)cc3n2Cc2ccc(C(=O)N(C)c3nn[nH]n3)cc2)cc1. The van der Waals surface area contributed by atoms with Crippen LogP contribution in [-0.4, -0.2) is 49.8 Å². The molecule has 0 atom stereocenters. The topological polar surface area (TPSA) is 106 Å². The molecule has 0 saturated carbocycles. The van der Waals surface area contributed by atoms with Gasteiger partial charge in [0.05, 0.1) is 40.4 Å². The van der Waals surface area contributed by atoms with Gasteiger partial charge in [0, 0.05) is 19.7 Å². The number of ether oxygens (including phenoxy) is 1. The third-order valence-electron chi connectivity index (χ3n) is 5.99. The molecular weight excluding hydrogens is 515 g/mol. The van der Waals surface area contributed by atoms with E-state index in [1.54, 1.807) is 26.3 Å². The summed E-state index contributed by atoms with van der Waals surface area (Å²) in [6.07, 6.45) is 0. The van der Waals surface area contributed by atoms with Gasteiger partial charge < -0.3 is 13.9 Å². The number of carbonyl (C=O) groups is 1. The van der Waals surface area contributed by atoms with Gasteiger partial charge in [0.15, 0.2) is 0 Å².